The van der Waals surface area contributed by atoms with E-state index in [-0.39, 0.29) is 11.6 Å². The predicted octanol–water partition coefficient (Wildman–Crippen LogP) is 2.03. The number of halogens is 1. The van der Waals surface area contributed by atoms with Crippen molar-refractivity contribution in [2.45, 2.75) is 32.8 Å². The lowest BCUT2D eigenvalue weighted by Gasteiger charge is -2.27. The fraction of sp³-hybridized carbons (Fsp3) is 0.533. The fourth-order valence-electron chi connectivity index (χ4n) is 1.96. The van der Waals surface area contributed by atoms with Crippen molar-refractivity contribution in [1.29, 1.82) is 0 Å². The maximum atomic E-state index is 12.8. The van der Waals surface area contributed by atoms with Gasteiger partial charge in [-0.15, -0.1) is 0 Å². The first-order chi connectivity index (χ1) is 8.80. The Morgan fingerprint density at radius 3 is 2.37 bits per heavy atom. The van der Waals surface area contributed by atoms with Crippen LogP contribution in [0.4, 0.5) is 4.39 Å². The standard InChI is InChI=1S/C15H22FNO2/c1-4-17(11-15(2,3)19)10-14(18)9-12-5-7-13(16)8-6-12/h5-8,19H,4,9-11H2,1-3H3. The van der Waals surface area contributed by atoms with Crippen molar-refractivity contribution in [3.63, 3.8) is 0 Å². The van der Waals surface area contributed by atoms with E-state index in [1.165, 1.54) is 12.1 Å². The van der Waals surface area contributed by atoms with Crippen molar-refractivity contribution in [3.8, 4) is 0 Å². The number of rotatable bonds is 7. The van der Waals surface area contributed by atoms with Crippen LogP contribution in [-0.4, -0.2) is 41.0 Å². The lowest BCUT2D eigenvalue weighted by Crippen LogP contribution is -2.41. The molecule has 0 saturated carbocycles. The molecule has 0 heterocycles. The molecule has 19 heavy (non-hydrogen) atoms. The first-order valence-corrected chi connectivity index (χ1v) is 6.51. The van der Waals surface area contributed by atoms with Crippen LogP contribution >= 0.6 is 0 Å². The molecule has 0 radical (unpaired) electrons. The topological polar surface area (TPSA) is 40.5 Å². The molecule has 1 N–H and O–H groups in total. The minimum atomic E-state index is -0.813. The summed E-state index contributed by atoms with van der Waals surface area (Å²) in [5.41, 5.74) is -0.00248. The van der Waals surface area contributed by atoms with Crippen molar-refractivity contribution < 1.29 is 14.3 Å². The molecule has 0 atom stereocenters. The van der Waals surface area contributed by atoms with Gasteiger partial charge in [0.1, 0.15) is 5.82 Å². The highest BCUT2D eigenvalue weighted by atomic mass is 19.1. The molecule has 1 rings (SSSR count). The summed E-state index contributed by atoms with van der Waals surface area (Å²) >= 11 is 0. The Morgan fingerprint density at radius 2 is 1.89 bits per heavy atom. The quantitative estimate of drug-likeness (QED) is 0.822. The lowest BCUT2D eigenvalue weighted by molar-refractivity contribution is -0.120. The van der Waals surface area contributed by atoms with E-state index in [2.05, 4.69) is 0 Å². The molecule has 3 nitrogen and oxygen atoms in total. The van der Waals surface area contributed by atoms with E-state index in [4.69, 9.17) is 0 Å². The molecule has 0 aromatic heterocycles. The number of hydrogen-bond donors (Lipinski definition) is 1. The number of likely N-dealkylation sites (N-methyl/N-ethyl adjacent to an activating group) is 1. The molecule has 0 aliphatic rings. The lowest BCUT2D eigenvalue weighted by atomic mass is 10.1. The number of benzene rings is 1. The number of carbonyl (C=O) groups is 1. The molecular weight excluding hydrogens is 245 g/mol. The first-order valence-electron chi connectivity index (χ1n) is 6.51. The van der Waals surface area contributed by atoms with Crippen LogP contribution in [0.15, 0.2) is 24.3 Å². The average Bonchev–Trinajstić information content (AvgIpc) is 2.29. The molecule has 1 aromatic carbocycles. The Balaban J connectivity index is 2.51. The Hall–Kier alpha value is -1.26. The molecular formula is C15H22FNO2. The van der Waals surface area contributed by atoms with Gasteiger partial charge in [0.15, 0.2) is 5.78 Å². The number of nitrogens with zero attached hydrogens (tertiary/aromatic N) is 1. The molecule has 0 unspecified atom stereocenters. The third-order valence-corrected chi connectivity index (χ3v) is 2.77. The van der Waals surface area contributed by atoms with Gasteiger partial charge in [0, 0.05) is 13.0 Å². The van der Waals surface area contributed by atoms with E-state index < -0.39 is 5.60 Å². The summed E-state index contributed by atoms with van der Waals surface area (Å²) in [5, 5.41) is 9.76. The minimum absolute atomic E-state index is 0.0673. The molecule has 0 spiro atoms. The van der Waals surface area contributed by atoms with Gasteiger partial charge in [0.2, 0.25) is 0 Å². The first kappa shape index (κ1) is 15.8. The Labute approximate surface area is 114 Å². The largest absolute Gasteiger partial charge is 0.389 e. The van der Waals surface area contributed by atoms with E-state index in [9.17, 15) is 14.3 Å². The summed E-state index contributed by atoms with van der Waals surface area (Å²) in [6.45, 7) is 6.87. The van der Waals surface area contributed by atoms with Gasteiger partial charge in [-0.2, -0.15) is 0 Å². The summed E-state index contributed by atoms with van der Waals surface area (Å²) in [6, 6.07) is 5.97. The summed E-state index contributed by atoms with van der Waals surface area (Å²) in [4.78, 5) is 13.8. The molecule has 0 amide bonds. The SMILES string of the molecule is CCN(CC(=O)Cc1ccc(F)cc1)CC(C)(C)O. The van der Waals surface area contributed by atoms with E-state index >= 15 is 0 Å². The van der Waals surface area contributed by atoms with Crippen LogP contribution in [0.25, 0.3) is 0 Å². The zero-order valence-corrected chi connectivity index (χ0v) is 11.8. The summed E-state index contributed by atoms with van der Waals surface area (Å²) < 4.78 is 12.8. The van der Waals surface area contributed by atoms with Gasteiger partial charge in [0.25, 0.3) is 0 Å². The van der Waals surface area contributed by atoms with Crippen LogP contribution in [0.2, 0.25) is 0 Å². The zero-order valence-electron chi connectivity index (χ0n) is 11.8. The van der Waals surface area contributed by atoms with Crippen LogP contribution in [0.3, 0.4) is 0 Å². The van der Waals surface area contributed by atoms with Gasteiger partial charge in [-0.3, -0.25) is 9.69 Å². The second-order valence-electron chi connectivity index (χ2n) is 5.46. The third kappa shape index (κ3) is 6.45. The van der Waals surface area contributed by atoms with Crippen molar-refractivity contribution in [3.05, 3.63) is 35.6 Å². The number of aliphatic hydroxyl groups is 1. The van der Waals surface area contributed by atoms with Gasteiger partial charge in [-0.25, -0.2) is 4.39 Å². The van der Waals surface area contributed by atoms with Crippen molar-refractivity contribution in [1.82, 2.24) is 4.90 Å². The number of hydrogen-bond acceptors (Lipinski definition) is 3. The highest BCUT2D eigenvalue weighted by molar-refractivity contribution is 5.82. The van der Waals surface area contributed by atoms with Gasteiger partial charge in [-0.05, 0) is 38.1 Å². The van der Waals surface area contributed by atoms with E-state index in [0.29, 0.717) is 26.1 Å². The molecule has 0 aliphatic carbocycles. The van der Waals surface area contributed by atoms with Crippen LogP contribution in [0, 0.1) is 5.82 Å². The third-order valence-electron chi connectivity index (χ3n) is 2.77. The number of ketones is 1. The minimum Gasteiger partial charge on any atom is -0.389 e. The monoisotopic (exact) mass is 267 g/mol. The summed E-state index contributed by atoms with van der Waals surface area (Å²) in [7, 11) is 0. The van der Waals surface area contributed by atoms with Crippen molar-refractivity contribution in [2.24, 2.45) is 0 Å². The fourth-order valence-corrected chi connectivity index (χ4v) is 1.96. The predicted molar refractivity (Wildman–Crippen MR) is 73.5 cm³/mol. The van der Waals surface area contributed by atoms with Crippen LogP contribution in [-0.2, 0) is 11.2 Å². The van der Waals surface area contributed by atoms with Gasteiger partial charge >= 0.3 is 0 Å². The second-order valence-corrected chi connectivity index (χ2v) is 5.46. The maximum absolute atomic E-state index is 12.8. The van der Waals surface area contributed by atoms with Crippen molar-refractivity contribution >= 4 is 5.78 Å². The van der Waals surface area contributed by atoms with E-state index in [0.717, 1.165) is 5.56 Å². The normalized spacial score (nSPS) is 11.9. The Kier molecular flexibility index (Phi) is 5.63. The zero-order chi connectivity index (χ0) is 14.5. The van der Waals surface area contributed by atoms with Crippen LogP contribution < -0.4 is 0 Å². The van der Waals surface area contributed by atoms with E-state index in [1.807, 2.05) is 11.8 Å². The van der Waals surface area contributed by atoms with Gasteiger partial charge < -0.3 is 5.11 Å². The molecule has 0 fully saturated rings. The highest BCUT2D eigenvalue weighted by Crippen LogP contribution is 2.07. The van der Waals surface area contributed by atoms with Gasteiger partial charge in [-0.1, -0.05) is 19.1 Å². The highest BCUT2D eigenvalue weighted by Gasteiger charge is 2.19. The molecule has 0 aliphatic heterocycles. The van der Waals surface area contributed by atoms with E-state index in [1.54, 1.807) is 26.0 Å². The molecule has 1 aromatic rings. The van der Waals surface area contributed by atoms with Crippen LogP contribution in [0.1, 0.15) is 26.3 Å². The van der Waals surface area contributed by atoms with Crippen molar-refractivity contribution in [2.75, 3.05) is 19.6 Å². The Bertz CT molecular complexity index is 409. The molecule has 0 saturated heterocycles. The molecule has 106 valence electrons. The summed E-state index contributed by atoms with van der Waals surface area (Å²) in [5.74, 6) is -0.230. The maximum Gasteiger partial charge on any atom is 0.151 e. The smallest absolute Gasteiger partial charge is 0.151 e. The molecule has 0 bridgehead atoms. The number of carbonyl (C=O) groups excluding carboxylic acids is 1. The molecule has 4 heteroatoms. The van der Waals surface area contributed by atoms with Crippen LogP contribution in [0.5, 0.6) is 0 Å². The summed E-state index contributed by atoms with van der Waals surface area (Å²) in [6.07, 6.45) is 0.294. The second kappa shape index (κ2) is 6.78. The Morgan fingerprint density at radius 1 is 1.32 bits per heavy atom. The average molecular weight is 267 g/mol. The van der Waals surface area contributed by atoms with Gasteiger partial charge in [0.05, 0.1) is 12.1 Å². The number of Topliss-reactive ketones (excluding diaryl/α,β-unsaturated/α-hetero) is 1.